The minimum atomic E-state index is 0.534. The summed E-state index contributed by atoms with van der Waals surface area (Å²) in [5.74, 6) is 0.957. The second-order valence-corrected chi connectivity index (χ2v) is 2.04. The molecule has 3 heteroatoms. The van der Waals surface area contributed by atoms with Gasteiger partial charge in [0.25, 0.3) is 0 Å². The van der Waals surface area contributed by atoms with Crippen molar-refractivity contribution >= 4 is 5.84 Å². The zero-order valence-corrected chi connectivity index (χ0v) is 5.89. The standard InChI is InChI=1S/C7H9N3/c1-2-7-9-4-6(3-8)5-10-7/h4H,2,5H2,1H3,(H,9,10). The van der Waals surface area contributed by atoms with Crippen LogP contribution in [0.4, 0.5) is 0 Å². The van der Waals surface area contributed by atoms with Gasteiger partial charge in [0.15, 0.2) is 0 Å². The van der Waals surface area contributed by atoms with Crippen LogP contribution in [0, 0.1) is 11.3 Å². The average Bonchev–Trinajstić information content (AvgIpc) is 2.05. The van der Waals surface area contributed by atoms with Gasteiger partial charge in [-0.1, -0.05) is 6.92 Å². The first-order valence-corrected chi connectivity index (χ1v) is 3.26. The number of nitrogens with zero attached hydrogens (tertiary/aromatic N) is 2. The molecule has 0 radical (unpaired) electrons. The lowest BCUT2D eigenvalue weighted by Crippen LogP contribution is -2.21. The third kappa shape index (κ3) is 1.35. The van der Waals surface area contributed by atoms with Gasteiger partial charge in [0.1, 0.15) is 5.84 Å². The fourth-order valence-electron chi connectivity index (χ4n) is 0.724. The number of hydrogen-bond donors (Lipinski definition) is 1. The van der Waals surface area contributed by atoms with Gasteiger partial charge in [-0.3, -0.25) is 4.99 Å². The lowest BCUT2D eigenvalue weighted by Gasteiger charge is -2.08. The molecule has 3 nitrogen and oxygen atoms in total. The smallest absolute Gasteiger partial charge is 0.100 e. The summed E-state index contributed by atoms with van der Waals surface area (Å²) >= 11 is 0. The predicted octanol–water partition coefficient (Wildman–Crippen LogP) is 0.806. The molecule has 0 spiro atoms. The van der Waals surface area contributed by atoms with E-state index in [1.54, 1.807) is 6.20 Å². The van der Waals surface area contributed by atoms with Crippen LogP contribution in [-0.4, -0.2) is 12.4 Å². The molecule has 0 aromatic rings. The Morgan fingerprint density at radius 1 is 1.90 bits per heavy atom. The molecule has 0 bridgehead atoms. The highest BCUT2D eigenvalue weighted by molar-refractivity contribution is 5.84. The zero-order chi connectivity index (χ0) is 7.40. The quantitative estimate of drug-likeness (QED) is 0.578. The Bertz CT molecular complexity index is 219. The van der Waals surface area contributed by atoms with Crippen LogP contribution in [0.15, 0.2) is 16.8 Å². The molecule has 0 aromatic heterocycles. The number of amidine groups is 1. The van der Waals surface area contributed by atoms with Crippen molar-refractivity contribution in [1.82, 2.24) is 5.32 Å². The lowest BCUT2D eigenvalue weighted by atomic mass is 10.3. The maximum atomic E-state index is 8.42. The normalized spacial score (nSPS) is 16.4. The molecule has 52 valence electrons. The molecular weight excluding hydrogens is 126 g/mol. The van der Waals surface area contributed by atoms with E-state index in [1.165, 1.54) is 0 Å². The maximum Gasteiger partial charge on any atom is 0.100 e. The molecule has 0 saturated carbocycles. The summed E-state index contributed by atoms with van der Waals surface area (Å²) < 4.78 is 0. The number of nitrogens with one attached hydrogen (secondary N) is 1. The van der Waals surface area contributed by atoms with E-state index >= 15 is 0 Å². The molecule has 0 aliphatic carbocycles. The molecule has 0 unspecified atom stereocenters. The number of nitriles is 1. The van der Waals surface area contributed by atoms with Crippen molar-refractivity contribution in [2.45, 2.75) is 13.3 Å². The highest BCUT2D eigenvalue weighted by atomic mass is 15.0. The Kier molecular flexibility index (Phi) is 2.06. The first kappa shape index (κ1) is 6.81. The van der Waals surface area contributed by atoms with Crippen LogP contribution >= 0.6 is 0 Å². The van der Waals surface area contributed by atoms with E-state index < -0.39 is 0 Å². The van der Waals surface area contributed by atoms with E-state index in [0.717, 1.165) is 12.3 Å². The molecule has 0 atom stereocenters. The van der Waals surface area contributed by atoms with E-state index in [9.17, 15) is 0 Å². The van der Waals surface area contributed by atoms with Gasteiger partial charge in [0, 0.05) is 12.6 Å². The third-order valence-corrected chi connectivity index (χ3v) is 1.33. The molecular formula is C7H9N3. The Hall–Kier alpha value is -1.30. The zero-order valence-electron chi connectivity index (χ0n) is 5.89. The molecule has 1 rings (SSSR count). The molecule has 1 aliphatic heterocycles. The summed E-state index contributed by atoms with van der Waals surface area (Å²) in [4.78, 5) is 4.11. The summed E-state index contributed by atoms with van der Waals surface area (Å²) in [7, 11) is 0. The Labute approximate surface area is 60.1 Å². The first-order chi connectivity index (χ1) is 4.86. The number of aliphatic imine (C=N–C) groups is 1. The van der Waals surface area contributed by atoms with Crippen LogP contribution in [0.3, 0.4) is 0 Å². The van der Waals surface area contributed by atoms with E-state index in [2.05, 4.69) is 10.3 Å². The van der Waals surface area contributed by atoms with Crippen molar-refractivity contribution in [3.8, 4) is 6.07 Å². The minimum Gasteiger partial charge on any atom is -0.349 e. The fraction of sp³-hybridized carbons (Fsp3) is 0.429. The highest BCUT2D eigenvalue weighted by Gasteiger charge is 2.01. The van der Waals surface area contributed by atoms with Crippen molar-refractivity contribution in [1.29, 1.82) is 5.26 Å². The van der Waals surface area contributed by atoms with Crippen LogP contribution in [0.2, 0.25) is 0 Å². The molecule has 0 saturated heterocycles. The SMILES string of the molecule is CCC1=NCC(C#N)=CN1. The van der Waals surface area contributed by atoms with Gasteiger partial charge in [0.2, 0.25) is 0 Å². The topological polar surface area (TPSA) is 48.2 Å². The molecule has 0 amide bonds. The number of rotatable bonds is 1. The van der Waals surface area contributed by atoms with Crippen molar-refractivity contribution in [2.24, 2.45) is 4.99 Å². The predicted molar refractivity (Wildman–Crippen MR) is 39.4 cm³/mol. The van der Waals surface area contributed by atoms with Crippen LogP contribution in [0.25, 0.3) is 0 Å². The summed E-state index contributed by atoms with van der Waals surface area (Å²) in [5.41, 5.74) is 0.692. The first-order valence-electron chi connectivity index (χ1n) is 3.26. The second kappa shape index (κ2) is 3.02. The van der Waals surface area contributed by atoms with E-state index in [4.69, 9.17) is 5.26 Å². The van der Waals surface area contributed by atoms with E-state index in [-0.39, 0.29) is 0 Å². The number of hydrogen-bond acceptors (Lipinski definition) is 3. The van der Waals surface area contributed by atoms with Gasteiger partial charge in [0.05, 0.1) is 18.2 Å². The second-order valence-electron chi connectivity index (χ2n) is 2.04. The Balaban J connectivity index is 2.55. The summed E-state index contributed by atoms with van der Waals surface area (Å²) in [5, 5.41) is 11.4. The van der Waals surface area contributed by atoms with Crippen molar-refractivity contribution < 1.29 is 0 Å². The molecule has 1 N–H and O–H groups in total. The van der Waals surface area contributed by atoms with Gasteiger partial charge < -0.3 is 5.32 Å². The molecule has 1 aliphatic rings. The highest BCUT2D eigenvalue weighted by Crippen LogP contribution is 1.98. The van der Waals surface area contributed by atoms with Gasteiger partial charge in [-0.15, -0.1) is 0 Å². The maximum absolute atomic E-state index is 8.42. The molecule has 0 aromatic carbocycles. The van der Waals surface area contributed by atoms with E-state index in [0.29, 0.717) is 12.1 Å². The largest absolute Gasteiger partial charge is 0.349 e. The summed E-state index contributed by atoms with van der Waals surface area (Å²) in [6.07, 6.45) is 2.61. The van der Waals surface area contributed by atoms with Gasteiger partial charge >= 0.3 is 0 Å². The summed E-state index contributed by atoms with van der Waals surface area (Å²) in [6, 6.07) is 2.04. The Morgan fingerprint density at radius 2 is 2.70 bits per heavy atom. The van der Waals surface area contributed by atoms with Crippen LogP contribution in [0.5, 0.6) is 0 Å². The molecule has 10 heavy (non-hydrogen) atoms. The average molecular weight is 135 g/mol. The van der Waals surface area contributed by atoms with Crippen LogP contribution in [0.1, 0.15) is 13.3 Å². The monoisotopic (exact) mass is 135 g/mol. The minimum absolute atomic E-state index is 0.534. The van der Waals surface area contributed by atoms with E-state index in [1.807, 2.05) is 13.0 Å². The lowest BCUT2D eigenvalue weighted by molar-refractivity contribution is 1.01. The fourth-order valence-corrected chi connectivity index (χ4v) is 0.724. The molecule has 1 heterocycles. The van der Waals surface area contributed by atoms with Crippen molar-refractivity contribution in [2.75, 3.05) is 6.54 Å². The van der Waals surface area contributed by atoms with Crippen molar-refractivity contribution in [3.63, 3.8) is 0 Å². The van der Waals surface area contributed by atoms with Crippen LogP contribution < -0.4 is 5.32 Å². The molecule has 0 fully saturated rings. The third-order valence-electron chi connectivity index (χ3n) is 1.33. The van der Waals surface area contributed by atoms with Crippen LogP contribution in [-0.2, 0) is 0 Å². The van der Waals surface area contributed by atoms with Gasteiger partial charge in [-0.25, -0.2) is 0 Å². The Morgan fingerprint density at radius 3 is 3.10 bits per heavy atom. The van der Waals surface area contributed by atoms with Crippen molar-refractivity contribution in [3.05, 3.63) is 11.8 Å². The van der Waals surface area contributed by atoms with Gasteiger partial charge in [-0.05, 0) is 0 Å². The summed E-state index contributed by atoms with van der Waals surface area (Å²) in [6.45, 7) is 2.56. The van der Waals surface area contributed by atoms with Gasteiger partial charge in [-0.2, -0.15) is 5.26 Å².